The number of ether oxygens (including phenoxy) is 1. The number of amides is 1. The first-order chi connectivity index (χ1) is 15.9. The summed E-state index contributed by atoms with van der Waals surface area (Å²) in [4.78, 5) is 15.3. The van der Waals surface area contributed by atoms with Gasteiger partial charge in [0.05, 0.1) is 11.1 Å². The molecule has 1 amide bonds. The number of unbranched alkanes of at least 4 members (excludes halogenated alkanes) is 4. The minimum atomic E-state index is -0.647. The molecular formula is C22H29BrFN5O4. The minimum absolute atomic E-state index is 0.234. The molecule has 0 aliphatic heterocycles. The van der Waals surface area contributed by atoms with Gasteiger partial charge in [-0.25, -0.2) is 13.8 Å². The number of aromatic nitrogens is 2. The smallest absolute Gasteiger partial charge is 0.435 e. The van der Waals surface area contributed by atoms with Crippen LogP contribution in [0.4, 0.5) is 9.18 Å². The molecule has 1 aromatic heterocycles. The van der Waals surface area contributed by atoms with Crippen LogP contribution in [-0.4, -0.2) is 39.8 Å². The fourth-order valence-electron chi connectivity index (χ4n) is 3.09. The van der Waals surface area contributed by atoms with E-state index in [0.29, 0.717) is 35.3 Å². The molecule has 180 valence electrons. The lowest BCUT2D eigenvalue weighted by Crippen LogP contribution is -2.15. The summed E-state index contributed by atoms with van der Waals surface area (Å²) in [6, 6.07) is 4.55. The maximum absolute atomic E-state index is 13.4. The maximum atomic E-state index is 13.4. The first-order valence-corrected chi connectivity index (χ1v) is 11.7. The highest BCUT2D eigenvalue weighted by molar-refractivity contribution is 9.10. The van der Waals surface area contributed by atoms with Gasteiger partial charge in [0.1, 0.15) is 23.1 Å². The van der Waals surface area contributed by atoms with Crippen molar-refractivity contribution in [2.45, 2.75) is 64.7 Å². The van der Waals surface area contributed by atoms with Gasteiger partial charge in [-0.2, -0.15) is 4.99 Å². The molecule has 2 rings (SSSR count). The number of benzene rings is 1. The number of rotatable bonds is 13. The molecule has 3 N–H and O–H groups in total. The zero-order valence-corrected chi connectivity index (χ0v) is 20.2. The van der Waals surface area contributed by atoms with Gasteiger partial charge >= 0.3 is 6.09 Å². The number of hydrogen-bond acceptors (Lipinski definition) is 7. The fraction of sp³-hybridized carbons (Fsp3) is 0.500. The van der Waals surface area contributed by atoms with Gasteiger partial charge in [0, 0.05) is 12.8 Å². The van der Waals surface area contributed by atoms with Crippen LogP contribution in [0.25, 0.3) is 0 Å². The average molecular weight is 526 g/mol. The molecule has 1 heterocycles. The molecule has 1 aromatic carbocycles. The van der Waals surface area contributed by atoms with Gasteiger partial charge in [-0.15, -0.1) is 0 Å². The number of aryl methyl sites for hydroxylation is 1. The van der Waals surface area contributed by atoms with Crippen LogP contribution in [0.3, 0.4) is 0 Å². The Morgan fingerprint density at radius 3 is 2.79 bits per heavy atom. The summed E-state index contributed by atoms with van der Waals surface area (Å²) >= 11 is 3.14. The highest BCUT2D eigenvalue weighted by Crippen LogP contribution is 2.19. The third-order valence-electron chi connectivity index (χ3n) is 4.86. The number of nitrogens with two attached hydrogens (primary N) is 1. The number of aliphatic imine (C=N–C) groups is 1. The molecule has 0 atom stereocenters. The van der Waals surface area contributed by atoms with Crippen molar-refractivity contribution in [1.29, 1.82) is 0 Å². The maximum Gasteiger partial charge on any atom is 0.435 e. The first-order valence-electron chi connectivity index (χ1n) is 10.9. The lowest BCUT2D eigenvalue weighted by Gasteiger charge is -2.05. The van der Waals surface area contributed by atoms with Crippen LogP contribution in [0.15, 0.2) is 37.4 Å². The monoisotopic (exact) mass is 525 g/mol. The van der Waals surface area contributed by atoms with Crippen LogP contribution in [0, 0.1) is 5.82 Å². The molecule has 0 unspecified atom stereocenters. The SMILES string of the molecule is CCCCCOC(=O)N=C(N)CCCCCc1nonc1/C(Cc1ccc(F)c(Br)c1)=N/O. The summed E-state index contributed by atoms with van der Waals surface area (Å²) in [5.74, 6) is -0.126. The van der Waals surface area contributed by atoms with Gasteiger partial charge in [-0.3, -0.25) is 0 Å². The molecule has 0 fully saturated rings. The van der Waals surface area contributed by atoms with Crippen molar-refractivity contribution in [3.8, 4) is 0 Å². The van der Waals surface area contributed by atoms with Crippen LogP contribution in [0.2, 0.25) is 0 Å². The van der Waals surface area contributed by atoms with Crippen LogP contribution >= 0.6 is 15.9 Å². The number of carbonyl (C=O) groups excluding carboxylic acids is 1. The highest BCUT2D eigenvalue weighted by atomic mass is 79.9. The summed E-state index contributed by atoms with van der Waals surface area (Å²) in [6.45, 7) is 2.43. The quantitative estimate of drug-likeness (QED) is 0.121. The summed E-state index contributed by atoms with van der Waals surface area (Å²) in [7, 11) is 0. The molecule has 11 heteroatoms. The third-order valence-corrected chi connectivity index (χ3v) is 5.47. The number of hydrogen-bond donors (Lipinski definition) is 2. The van der Waals surface area contributed by atoms with Crippen molar-refractivity contribution < 1.29 is 23.8 Å². The second-order valence-corrected chi connectivity index (χ2v) is 8.37. The van der Waals surface area contributed by atoms with E-state index in [9.17, 15) is 14.4 Å². The summed E-state index contributed by atoms with van der Waals surface area (Å²) in [5.41, 5.74) is 7.75. The van der Waals surface area contributed by atoms with Gasteiger partial charge in [0.15, 0.2) is 5.69 Å². The Hall–Kier alpha value is -2.82. The van der Waals surface area contributed by atoms with E-state index >= 15 is 0 Å². The fourth-order valence-corrected chi connectivity index (χ4v) is 3.52. The Kier molecular flexibility index (Phi) is 11.5. The molecule has 0 aliphatic carbocycles. The van der Waals surface area contributed by atoms with Crippen LogP contribution in [0.5, 0.6) is 0 Å². The van der Waals surface area contributed by atoms with Crippen molar-refractivity contribution in [3.05, 3.63) is 45.4 Å². The molecule has 2 aromatic rings. The van der Waals surface area contributed by atoms with E-state index in [-0.39, 0.29) is 23.8 Å². The summed E-state index contributed by atoms with van der Waals surface area (Å²) in [6.07, 6.45) is 5.81. The molecule has 0 saturated heterocycles. The molecular weight excluding hydrogens is 497 g/mol. The van der Waals surface area contributed by atoms with E-state index in [1.165, 1.54) is 6.07 Å². The second-order valence-electron chi connectivity index (χ2n) is 7.52. The Bertz CT molecular complexity index is 964. The summed E-state index contributed by atoms with van der Waals surface area (Å²) in [5, 5.41) is 20.6. The highest BCUT2D eigenvalue weighted by Gasteiger charge is 2.18. The molecule has 0 bridgehead atoms. The molecule has 0 spiro atoms. The van der Waals surface area contributed by atoms with E-state index in [1.54, 1.807) is 12.1 Å². The largest absolute Gasteiger partial charge is 0.448 e. The van der Waals surface area contributed by atoms with Crippen LogP contribution in [0.1, 0.15) is 68.8 Å². The van der Waals surface area contributed by atoms with Gasteiger partial charge in [-0.1, -0.05) is 42.6 Å². The van der Waals surface area contributed by atoms with Gasteiger partial charge < -0.3 is 15.7 Å². The van der Waals surface area contributed by atoms with Gasteiger partial charge in [-0.05, 0) is 64.5 Å². The first kappa shape index (κ1) is 26.4. The number of oxime groups is 1. The molecule has 0 radical (unpaired) electrons. The summed E-state index contributed by atoms with van der Waals surface area (Å²) < 4.78 is 23.6. The Labute approximate surface area is 200 Å². The molecule has 9 nitrogen and oxygen atoms in total. The van der Waals surface area contributed by atoms with E-state index in [1.807, 2.05) is 0 Å². The van der Waals surface area contributed by atoms with Crippen molar-refractivity contribution in [2.24, 2.45) is 15.9 Å². The Morgan fingerprint density at radius 1 is 1.24 bits per heavy atom. The minimum Gasteiger partial charge on any atom is -0.448 e. The lowest BCUT2D eigenvalue weighted by atomic mass is 10.0. The molecule has 0 aliphatic rings. The third kappa shape index (κ3) is 9.29. The van der Waals surface area contributed by atoms with E-state index < -0.39 is 6.09 Å². The number of halogens is 2. The molecule has 0 saturated carbocycles. The van der Waals surface area contributed by atoms with Crippen LogP contribution < -0.4 is 5.73 Å². The van der Waals surface area contributed by atoms with Crippen LogP contribution in [-0.2, 0) is 17.6 Å². The lowest BCUT2D eigenvalue weighted by molar-refractivity contribution is 0.155. The van der Waals surface area contributed by atoms with Gasteiger partial charge in [0.25, 0.3) is 0 Å². The second kappa shape index (κ2) is 14.4. The van der Waals surface area contributed by atoms with Crippen molar-refractivity contribution >= 4 is 33.6 Å². The predicted molar refractivity (Wildman–Crippen MR) is 125 cm³/mol. The number of carbonyl (C=O) groups is 1. The Balaban J connectivity index is 1.78. The van der Waals surface area contributed by atoms with E-state index in [4.69, 9.17) is 15.1 Å². The zero-order valence-electron chi connectivity index (χ0n) is 18.6. The topological polar surface area (TPSA) is 136 Å². The number of amidine groups is 1. The van der Waals surface area contributed by atoms with Crippen molar-refractivity contribution in [2.75, 3.05) is 6.61 Å². The van der Waals surface area contributed by atoms with Gasteiger partial charge in [0.2, 0.25) is 0 Å². The normalized spacial score (nSPS) is 12.2. The zero-order chi connectivity index (χ0) is 24.1. The Morgan fingerprint density at radius 2 is 2.06 bits per heavy atom. The average Bonchev–Trinajstić information content (AvgIpc) is 3.25. The number of nitrogens with zero attached hydrogens (tertiary/aromatic N) is 4. The predicted octanol–water partition coefficient (Wildman–Crippen LogP) is 5.18. The molecule has 33 heavy (non-hydrogen) atoms. The van der Waals surface area contributed by atoms with Crippen molar-refractivity contribution in [3.63, 3.8) is 0 Å². The van der Waals surface area contributed by atoms with Crippen molar-refractivity contribution in [1.82, 2.24) is 10.3 Å². The van der Waals surface area contributed by atoms with E-state index in [0.717, 1.165) is 44.1 Å². The standard InChI is InChI=1S/C22H29BrFN5O4/c1-2-3-7-12-32-22(30)26-20(25)9-6-4-5-8-18-21(29-33-28-18)19(27-31)14-15-10-11-17(24)16(23)13-15/h10-11,13,31H,2-9,12,14H2,1H3,(H2,25,26,30)/b27-19+. The van der Waals surface area contributed by atoms with E-state index in [2.05, 4.69) is 43.3 Å².